The van der Waals surface area contributed by atoms with Crippen molar-refractivity contribution in [3.8, 4) is 5.75 Å². The maximum atomic E-state index is 12.7. The van der Waals surface area contributed by atoms with Crippen molar-refractivity contribution in [1.29, 1.82) is 0 Å². The molecule has 4 nitrogen and oxygen atoms in total. The Bertz CT molecular complexity index is 521. The number of hydrogen-bond donors (Lipinski definition) is 1. The lowest BCUT2D eigenvalue weighted by Crippen LogP contribution is -2.42. The van der Waals surface area contributed by atoms with Gasteiger partial charge in [-0.25, -0.2) is 0 Å². The Hall–Kier alpha value is -0.970. The lowest BCUT2D eigenvalue weighted by molar-refractivity contribution is 0.0671. The molecule has 1 heterocycles. The Labute approximate surface area is 135 Å². The third kappa shape index (κ3) is 3.82. The quantitative estimate of drug-likeness (QED) is 0.922. The Kier molecular flexibility index (Phi) is 5.73. The molecule has 0 aromatic heterocycles. The van der Waals surface area contributed by atoms with Crippen LogP contribution in [0.1, 0.15) is 23.2 Å². The van der Waals surface area contributed by atoms with Gasteiger partial charge >= 0.3 is 0 Å². The number of nitrogens with one attached hydrogen (secondary N) is 1. The van der Waals surface area contributed by atoms with E-state index in [0.29, 0.717) is 27.3 Å². The summed E-state index contributed by atoms with van der Waals surface area (Å²) < 4.78 is 5.26. The molecule has 0 radical (unpaired) electrons. The van der Waals surface area contributed by atoms with Crippen LogP contribution in [0.25, 0.3) is 0 Å². The minimum absolute atomic E-state index is 0.0498. The van der Waals surface area contributed by atoms with Crippen LogP contribution in [0, 0.1) is 5.92 Å². The maximum Gasteiger partial charge on any atom is 0.257 e. The van der Waals surface area contributed by atoms with Crippen molar-refractivity contribution in [2.45, 2.75) is 12.8 Å². The number of likely N-dealkylation sites (tertiary alicyclic amines) is 1. The SMILES string of the molecule is CNCC1CCCN(C(=O)c2cc(Cl)c(Cl)cc2OC)C1. The van der Waals surface area contributed by atoms with Crippen LogP contribution in [0.4, 0.5) is 0 Å². The number of rotatable bonds is 4. The van der Waals surface area contributed by atoms with Crippen molar-refractivity contribution in [1.82, 2.24) is 10.2 Å². The summed E-state index contributed by atoms with van der Waals surface area (Å²) in [5, 5.41) is 3.93. The summed E-state index contributed by atoms with van der Waals surface area (Å²) in [7, 11) is 3.46. The summed E-state index contributed by atoms with van der Waals surface area (Å²) in [5.74, 6) is 0.901. The molecular weight excluding hydrogens is 311 g/mol. The van der Waals surface area contributed by atoms with Gasteiger partial charge in [-0.05, 0) is 38.4 Å². The molecule has 1 aliphatic rings. The van der Waals surface area contributed by atoms with Crippen LogP contribution in [-0.4, -0.2) is 44.6 Å². The zero-order valence-electron chi connectivity index (χ0n) is 12.3. The largest absolute Gasteiger partial charge is 0.496 e. The number of nitrogens with zero attached hydrogens (tertiary/aromatic N) is 1. The van der Waals surface area contributed by atoms with E-state index < -0.39 is 0 Å². The van der Waals surface area contributed by atoms with Crippen LogP contribution < -0.4 is 10.1 Å². The lowest BCUT2D eigenvalue weighted by Gasteiger charge is -2.33. The van der Waals surface area contributed by atoms with E-state index in [9.17, 15) is 4.79 Å². The van der Waals surface area contributed by atoms with Crippen LogP contribution in [0.3, 0.4) is 0 Å². The number of carbonyl (C=O) groups excluding carboxylic acids is 1. The zero-order valence-corrected chi connectivity index (χ0v) is 13.8. The highest BCUT2D eigenvalue weighted by atomic mass is 35.5. The Balaban J connectivity index is 2.21. The maximum absolute atomic E-state index is 12.7. The first-order valence-electron chi connectivity index (χ1n) is 7.03. The molecular formula is C15H20Cl2N2O2. The molecule has 116 valence electrons. The fourth-order valence-electron chi connectivity index (χ4n) is 2.74. The zero-order chi connectivity index (χ0) is 15.4. The third-order valence-electron chi connectivity index (χ3n) is 3.77. The summed E-state index contributed by atoms with van der Waals surface area (Å²) in [6.45, 7) is 2.44. The van der Waals surface area contributed by atoms with E-state index in [2.05, 4.69) is 5.32 Å². The number of methoxy groups -OCH3 is 1. The van der Waals surface area contributed by atoms with Crippen molar-refractivity contribution in [3.05, 3.63) is 27.7 Å². The third-order valence-corrected chi connectivity index (χ3v) is 4.49. The molecule has 0 spiro atoms. The smallest absolute Gasteiger partial charge is 0.257 e. The molecule has 1 amide bonds. The molecule has 1 fully saturated rings. The molecule has 1 aromatic rings. The van der Waals surface area contributed by atoms with Crippen LogP contribution in [-0.2, 0) is 0 Å². The molecule has 1 aliphatic heterocycles. The van der Waals surface area contributed by atoms with Crippen molar-refractivity contribution in [2.24, 2.45) is 5.92 Å². The van der Waals surface area contributed by atoms with E-state index in [0.717, 1.165) is 32.5 Å². The predicted molar refractivity (Wildman–Crippen MR) is 85.6 cm³/mol. The van der Waals surface area contributed by atoms with Gasteiger partial charge in [-0.1, -0.05) is 23.2 Å². The molecule has 1 atom stereocenters. The van der Waals surface area contributed by atoms with Gasteiger partial charge in [0, 0.05) is 19.2 Å². The minimum atomic E-state index is -0.0498. The van der Waals surface area contributed by atoms with Crippen LogP contribution in [0.15, 0.2) is 12.1 Å². The van der Waals surface area contributed by atoms with Crippen molar-refractivity contribution >= 4 is 29.1 Å². The van der Waals surface area contributed by atoms with Crippen LogP contribution >= 0.6 is 23.2 Å². The summed E-state index contributed by atoms with van der Waals surface area (Å²) in [6.07, 6.45) is 2.16. The van der Waals surface area contributed by atoms with Crippen LogP contribution in [0.2, 0.25) is 10.0 Å². The molecule has 1 N–H and O–H groups in total. The normalized spacial score (nSPS) is 18.7. The first-order valence-corrected chi connectivity index (χ1v) is 7.79. The monoisotopic (exact) mass is 330 g/mol. The lowest BCUT2D eigenvalue weighted by atomic mass is 9.97. The number of amides is 1. The summed E-state index contributed by atoms with van der Waals surface area (Å²) >= 11 is 12.0. The van der Waals surface area contributed by atoms with E-state index in [1.807, 2.05) is 11.9 Å². The standard InChI is InChI=1S/C15H20Cl2N2O2/c1-18-8-10-4-3-5-19(9-10)15(20)11-6-12(16)13(17)7-14(11)21-2/h6-7,10,18H,3-5,8-9H2,1-2H3. The first kappa shape index (κ1) is 16.4. The van der Waals surface area contributed by atoms with Crippen LogP contribution in [0.5, 0.6) is 5.75 Å². The average molecular weight is 331 g/mol. The summed E-state index contributed by atoms with van der Waals surface area (Å²) in [5.41, 5.74) is 0.469. The molecule has 0 bridgehead atoms. The van der Waals surface area contributed by atoms with Crippen molar-refractivity contribution < 1.29 is 9.53 Å². The molecule has 0 aliphatic carbocycles. The number of halogens is 2. The van der Waals surface area contributed by atoms with Gasteiger partial charge in [0.1, 0.15) is 5.75 Å². The fourth-order valence-corrected chi connectivity index (χ4v) is 3.06. The Morgan fingerprint density at radius 1 is 1.43 bits per heavy atom. The number of hydrogen-bond acceptors (Lipinski definition) is 3. The Morgan fingerprint density at radius 3 is 2.81 bits per heavy atom. The highest BCUT2D eigenvalue weighted by molar-refractivity contribution is 6.42. The average Bonchev–Trinajstić information content (AvgIpc) is 2.49. The molecule has 0 saturated carbocycles. The van der Waals surface area contributed by atoms with Gasteiger partial charge in [0.25, 0.3) is 5.91 Å². The number of ether oxygens (including phenoxy) is 1. The fraction of sp³-hybridized carbons (Fsp3) is 0.533. The van der Waals surface area contributed by atoms with Gasteiger partial charge < -0.3 is 15.0 Å². The molecule has 2 rings (SSSR count). The van der Waals surface area contributed by atoms with Gasteiger partial charge in [-0.3, -0.25) is 4.79 Å². The number of piperidine rings is 1. The van der Waals surface area contributed by atoms with Gasteiger partial charge in [0.05, 0.1) is 22.7 Å². The van der Waals surface area contributed by atoms with Crippen molar-refractivity contribution in [3.63, 3.8) is 0 Å². The number of benzene rings is 1. The Morgan fingerprint density at radius 2 is 2.14 bits per heavy atom. The summed E-state index contributed by atoms with van der Waals surface area (Å²) in [4.78, 5) is 14.6. The van der Waals surface area contributed by atoms with Crippen molar-refractivity contribution in [2.75, 3.05) is 33.8 Å². The van der Waals surface area contributed by atoms with Gasteiger partial charge in [0.2, 0.25) is 0 Å². The number of carbonyl (C=O) groups is 1. The van der Waals surface area contributed by atoms with E-state index >= 15 is 0 Å². The molecule has 6 heteroatoms. The molecule has 21 heavy (non-hydrogen) atoms. The predicted octanol–water partition coefficient (Wildman–Crippen LogP) is 3.07. The molecule has 1 aromatic carbocycles. The first-order chi connectivity index (χ1) is 10.1. The van der Waals surface area contributed by atoms with Gasteiger partial charge in [0.15, 0.2) is 0 Å². The highest BCUT2D eigenvalue weighted by Crippen LogP contribution is 2.32. The van der Waals surface area contributed by atoms with E-state index in [4.69, 9.17) is 27.9 Å². The highest BCUT2D eigenvalue weighted by Gasteiger charge is 2.26. The van der Waals surface area contributed by atoms with Gasteiger partial charge in [-0.15, -0.1) is 0 Å². The minimum Gasteiger partial charge on any atom is -0.496 e. The second-order valence-corrected chi connectivity index (χ2v) is 6.10. The second kappa shape index (κ2) is 7.34. The second-order valence-electron chi connectivity index (χ2n) is 5.28. The topological polar surface area (TPSA) is 41.6 Å². The van der Waals surface area contributed by atoms with Gasteiger partial charge in [-0.2, -0.15) is 0 Å². The van der Waals surface area contributed by atoms with E-state index in [1.54, 1.807) is 12.1 Å². The van der Waals surface area contributed by atoms with E-state index in [-0.39, 0.29) is 5.91 Å². The summed E-state index contributed by atoms with van der Waals surface area (Å²) in [6, 6.07) is 3.18. The van der Waals surface area contributed by atoms with E-state index in [1.165, 1.54) is 7.11 Å². The molecule has 1 unspecified atom stereocenters. The molecule has 1 saturated heterocycles.